The Morgan fingerprint density at radius 1 is 1.33 bits per heavy atom. The Kier molecular flexibility index (Phi) is 4.63. The highest BCUT2D eigenvalue weighted by Crippen LogP contribution is 2.42. The summed E-state index contributed by atoms with van der Waals surface area (Å²) >= 11 is 0. The van der Waals surface area contributed by atoms with Crippen molar-refractivity contribution >= 4 is 17.6 Å². The summed E-state index contributed by atoms with van der Waals surface area (Å²) < 4.78 is 0. The lowest BCUT2D eigenvalue weighted by atomic mass is 9.67. The molecule has 1 aliphatic carbocycles. The van der Waals surface area contributed by atoms with Gasteiger partial charge < -0.3 is 15.7 Å². The van der Waals surface area contributed by atoms with E-state index in [2.05, 4.69) is 0 Å². The van der Waals surface area contributed by atoms with Crippen molar-refractivity contribution in [2.24, 2.45) is 11.1 Å². The molecule has 0 bridgehead atoms. The lowest BCUT2D eigenvalue weighted by Crippen LogP contribution is -2.52. The van der Waals surface area contributed by atoms with E-state index in [-0.39, 0.29) is 18.9 Å². The number of para-hydroxylation sites is 1. The van der Waals surface area contributed by atoms with Crippen molar-refractivity contribution in [3.05, 3.63) is 29.8 Å². The van der Waals surface area contributed by atoms with E-state index in [1.54, 1.807) is 4.90 Å². The molecule has 0 atom stereocenters. The molecule has 0 saturated heterocycles. The predicted octanol–water partition coefficient (Wildman–Crippen LogP) is 1.93. The molecule has 0 radical (unpaired) electrons. The van der Waals surface area contributed by atoms with Crippen molar-refractivity contribution in [3.63, 3.8) is 0 Å². The van der Waals surface area contributed by atoms with E-state index in [0.29, 0.717) is 6.54 Å². The van der Waals surface area contributed by atoms with Crippen LogP contribution >= 0.6 is 0 Å². The van der Waals surface area contributed by atoms with E-state index in [9.17, 15) is 9.59 Å². The number of hydrogen-bond acceptors (Lipinski definition) is 3. The number of rotatable bonds is 6. The number of aliphatic carboxylic acids is 1. The zero-order valence-corrected chi connectivity index (χ0v) is 12.3. The van der Waals surface area contributed by atoms with E-state index >= 15 is 0 Å². The maximum absolute atomic E-state index is 12.9. The van der Waals surface area contributed by atoms with Gasteiger partial charge in [0, 0.05) is 18.8 Å². The van der Waals surface area contributed by atoms with Crippen molar-refractivity contribution in [1.29, 1.82) is 0 Å². The van der Waals surface area contributed by atoms with Gasteiger partial charge in [-0.3, -0.25) is 9.59 Å². The van der Waals surface area contributed by atoms with Crippen LogP contribution in [0.15, 0.2) is 24.3 Å². The van der Waals surface area contributed by atoms with Crippen LogP contribution in [0.3, 0.4) is 0 Å². The molecule has 5 nitrogen and oxygen atoms in total. The number of carbonyl (C=O) groups is 2. The average Bonchev–Trinajstić information content (AvgIpc) is 2.40. The monoisotopic (exact) mass is 290 g/mol. The SMILES string of the molecule is Cc1ccccc1N(CCC(=O)O)C(=O)C1(CN)CCC1. The molecule has 2 rings (SSSR count). The van der Waals surface area contributed by atoms with E-state index in [1.165, 1.54) is 0 Å². The van der Waals surface area contributed by atoms with Gasteiger partial charge >= 0.3 is 5.97 Å². The molecule has 1 amide bonds. The quantitative estimate of drug-likeness (QED) is 0.838. The average molecular weight is 290 g/mol. The molecular formula is C16H22N2O3. The first kappa shape index (κ1) is 15.5. The third-order valence-electron chi connectivity index (χ3n) is 4.36. The number of carbonyl (C=O) groups excluding carboxylic acids is 1. The van der Waals surface area contributed by atoms with Crippen LogP contribution in [0.5, 0.6) is 0 Å². The van der Waals surface area contributed by atoms with Crippen molar-refractivity contribution < 1.29 is 14.7 Å². The molecular weight excluding hydrogens is 268 g/mol. The molecule has 1 saturated carbocycles. The fraction of sp³-hybridized carbons (Fsp3) is 0.500. The lowest BCUT2D eigenvalue weighted by molar-refractivity contribution is -0.137. The van der Waals surface area contributed by atoms with Gasteiger partial charge in [0.25, 0.3) is 0 Å². The minimum absolute atomic E-state index is 0.0354. The molecule has 5 heteroatoms. The van der Waals surface area contributed by atoms with Crippen LogP contribution in [0.1, 0.15) is 31.2 Å². The molecule has 1 aromatic rings. The predicted molar refractivity (Wildman–Crippen MR) is 81.1 cm³/mol. The van der Waals surface area contributed by atoms with Crippen molar-refractivity contribution in [1.82, 2.24) is 0 Å². The van der Waals surface area contributed by atoms with Gasteiger partial charge in [0.15, 0.2) is 0 Å². The van der Waals surface area contributed by atoms with Crippen LogP contribution in [0, 0.1) is 12.3 Å². The third kappa shape index (κ3) is 3.08. The Bertz CT molecular complexity index is 533. The second kappa shape index (κ2) is 6.26. The second-order valence-corrected chi connectivity index (χ2v) is 5.73. The molecule has 0 spiro atoms. The molecule has 1 aliphatic rings. The summed E-state index contributed by atoms with van der Waals surface area (Å²) in [6, 6.07) is 7.55. The van der Waals surface area contributed by atoms with E-state index in [4.69, 9.17) is 10.8 Å². The second-order valence-electron chi connectivity index (χ2n) is 5.73. The summed E-state index contributed by atoms with van der Waals surface area (Å²) in [5.41, 5.74) is 7.06. The summed E-state index contributed by atoms with van der Waals surface area (Å²) in [5, 5.41) is 8.93. The van der Waals surface area contributed by atoms with Crippen LogP contribution in [-0.2, 0) is 9.59 Å². The normalized spacial score (nSPS) is 16.1. The van der Waals surface area contributed by atoms with Gasteiger partial charge in [-0.1, -0.05) is 24.6 Å². The van der Waals surface area contributed by atoms with Crippen LogP contribution in [0.4, 0.5) is 5.69 Å². The zero-order valence-electron chi connectivity index (χ0n) is 12.3. The largest absolute Gasteiger partial charge is 0.481 e. The first-order valence-electron chi connectivity index (χ1n) is 7.30. The maximum atomic E-state index is 12.9. The van der Waals surface area contributed by atoms with Crippen molar-refractivity contribution in [2.45, 2.75) is 32.6 Å². The number of anilines is 1. The van der Waals surface area contributed by atoms with Gasteiger partial charge in [0.05, 0.1) is 11.8 Å². The Balaban J connectivity index is 2.30. The van der Waals surface area contributed by atoms with Gasteiger partial charge in [-0.05, 0) is 31.4 Å². The number of carboxylic acids is 1. The fourth-order valence-electron chi connectivity index (χ4n) is 2.80. The number of nitrogens with two attached hydrogens (primary N) is 1. The zero-order chi connectivity index (χ0) is 15.5. The highest BCUT2D eigenvalue weighted by atomic mass is 16.4. The highest BCUT2D eigenvalue weighted by molar-refractivity contribution is 5.99. The molecule has 1 aromatic carbocycles. The van der Waals surface area contributed by atoms with Gasteiger partial charge in [-0.2, -0.15) is 0 Å². The Hall–Kier alpha value is -1.88. The molecule has 0 heterocycles. The first-order valence-corrected chi connectivity index (χ1v) is 7.30. The van der Waals surface area contributed by atoms with E-state index in [1.807, 2.05) is 31.2 Å². The first-order chi connectivity index (χ1) is 10.00. The molecule has 1 fully saturated rings. The van der Waals surface area contributed by atoms with E-state index < -0.39 is 11.4 Å². The summed E-state index contributed by atoms with van der Waals surface area (Å²) in [4.78, 5) is 25.4. The summed E-state index contributed by atoms with van der Waals surface area (Å²) in [5.74, 6) is -0.941. The molecule has 21 heavy (non-hydrogen) atoms. The molecule has 114 valence electrons. The van der Waals surface area contributed by atoms with Gasteiger partial charge in [-0.25, -0.2) is 0 Å². The summed E-state index contributed by atoms with van der Waals surface area (Å²) in [7, 11) is 0. The van der Waals surface area contributed by atoms with Crippen molar-refractivity contribution in [3.8, 4) is 0 Å². The van der Waals surface area contributed by atoms with Gasteiger partial charge in [-0.15, -0.1) is 0 Å². The third-order valence-corrected chi connectivity index (χ3v) is 4.36. The Morgan fingerprint density at radius 2 is 2.00 bits per heavy atom. The standard InChI is InChI=1S/C16H22N2O3/c1-12-5-2-3-6-13(12)18(10-7-14(19)20)15(21)16(11-17)8-4-9-16/h2-3,5-6H,4,7-11,17H2,1H3,(H,19,20). The number of benzene rings is 1. The Labute approximate surface area is 124 Å². The van der Waals surface area contributed by atoms with Crippen LogP contribution in [-0.4, -0.2) is 30.1 Å². The van der Waals surface area contributed by atoms with E-state index in [0.717, 1.165) is 30.5 Å². The molecule has 0 aromatic heterocycles. The number of aryl methyl sites for hydroxylation is 1. The number of amides is 1. The minimum atomic E-state index is -0.906. The van der Waals surface area contributed by atoms with Gasteiger partial charge in [0.1, 0.15) is 0 Å². The number of carboxylic acid groups (broad SMARTS) is 1. The number of hydrogen-bond donors (Lipinski definition) is 2. The van der Waals surface area contributed by atoms with Crippen LogP contribution in [0.25, 0.3) is 0 Å². The molecule has 0 aliphatic heterocycles. The highest BCUT2D eigenvalue weighted by Gasteiger charge is 2.45. The Morgan fingerprint density at radius 3 is 2.48 bits per heavy atom. The lowest BCUT2D eigenvalue weighted by Gasteiger charge is -2.43. The smallest absolute Gasteiger partial charge is 0.305 e. The minimum Gasteiger partial charge on any atom is -0.481 e. The number of nitrogens with zero attached hydrogens (tertiary/aromatic N) is 1. The van der Waals surface area contributed by atoms with Crippen LogP contribution in [0.2, 0.25) is 0 Å². The van der Waals surface area contributed by atoms with Crippen LogP contribution < -0.4 is 10.6 Å². The van der Waals surface area contributed by atoms with Crippen molar-refractivity contribution in [2.75, 3.05) is 18.0 Å². The molecule has 3 N–H and O–H groups in total. The topological polar surface area (TPSA) is 83.6 Å². The molecule has 0 unspecified atom stereocenters. The summed E-state index contributed by atoms with van der Waals surface area (Å²) in [6.07, 6.45) is 2.51. The fourth-order valence-corrected chi connectivity index (χ4v) is 2.80. The maximum Gasteiger partial charge on any atom is 0.305 e. The summed E-state index contributed by atoms with van der Waals surface area (Å²) in [6.45, 7) is 2.42. The van der Waals surface area contributed by atoms with Gasteiger partial charge in [0.2, 0.25) is 5.91 Å².